The average molecular weight is 318 g/mol. The van der Waals surface area contributed by atoms with E-state index in [-0.39, 0.29) is 28.3 Å². The Balaban J connectivity index is 2.24. The van der Waals surface area contributed by atoms with Crippen molar-refractivity contribution in [2.45, 2.75) is 13.8 Å². The van der Waals surface area contributed by atoms with E-state index in [0.717, 1.165) is 6.07 Å². The molecule has 0 bridgehead atoms. The summed E-state index contributed by atoms with van der Waals surface area (Å²) in [7, 11) is 0. The van der Waals surface area contributed by atoms with Gasteiger partial charge in [0.2, 0.25) is 0 Å². The molecule has 0 fully saturated rings. The van der Waals surface area contributed by atoms with E-state index in [2.05, 4.69) is 5.32 Å². The van der Waals surface area contributed by atoms with Crippen molar-refractivity contribution >= 4 is 17.3 Å². The van der Waals surface area contributed by atoms with Crippen molar-refractivity contribution in [2.24, 2.45) is 0 Å². The molecule has 0 aromatic heterocycles. The number of halogens is 1. The van der Waals surface area contributed by atoms with Crippen LogP contribution in [-0.4, -0.2) is 17.4 Å². The van der Waals surface area contributed by atoms with Crippen LogP contribution in [-0.2, 0) is 0 Å². The number of hydrogen-bond acceptors (Lipinski definition) is 4. The van der Waals surface area contributed by atoms with Crippen LogP contribution in [0.4, 0.5) is 15.8 Å². The van der Waals surface area contributed by atoms with Gasteiger partial charge in [0.25, 0.3) is 11.6 Å². The molecule has 120 valence electrons. The Hall–Kier alpha value is -2.96. The fraction of sp³-hybridized carbons (Fsp3) is 0.188. The van der Waals surface area contributed by atoms with Crippen LogP contribution in [0.5, 0.6) is 5.75 Å². The first-order valence-corrected chi connectivity index (χ1v) is 6.91. The minimum absolute atomic E-state index is 0.0945. The number of benzene rings is 2. The molecule has 0 aliphatic carbocycles. The first-order chi connectivity index (χ1) is 10.9. The highest BCUT2D eigenvalue weighted by atomic mass is 19.1. The Morgan fingerprint density at radius 2 is 2.09 bits per heavy atom. The van der Waals surface area contributed by atoms with Crippen molar-refractivity contribution in [3.63, 3.8) is 0 Å². The maximum Gasteiger partial charge on any atom is 0.273 e. The predicted molar refractivity (Wildman–Crippen MR) is 83.4 cm³/mol. The van der Waals surface area contributed by atoms with Gasteiger partial charge in [-0.05, 0) is 32.0 Å². The zero-order valence-electron chi connectivity index (χ0n) is 12.6. The zero-order valence-corrected chi connectivity index (χ0v) is 12.6. The van der Waals surface area contributed by atoms with Crippen LogP contribution in [0.2, 0.25) is 0 Å². The molecule has 0 saturated carbocycles. The molecule has 6 nitrogen and oxygen atoms in total. The molecule has 1 amide bonds. The maximum absolute atomic E-state index is 13.8. The number of ether oxygens (including phenoxy) is 1. The Labute approximate surface area is 132 Å². The summed E-state index contributed by atoms with van der Waals surface area (Å²) >= 11 is 0. The van der Waals surface area contributed by atoms with E-state index in [0.29, 0.717) is 6.61 Å². The van der Waals surface area contributed by atoms with E-state index >= 15 is 0 Å². The highest BCUT2D eigenvalue weighted by Gasteiger charge is 2.18. The summed E-state index contributed by atoms with van der Waals surface area (Å²) in [5, 5.41) is 13.4. The highest BCUT2D eigenvalue weighted by molar-refractivity contribution is 6.05. The van der Waals surface area contributed by atoms with Gasteiger partial charge >= 0.3 is 0 Å². The summed E-state index contributed by atoms with van der Waals surface area (Å²) in [6, 6.07) is 8.27. The summed E-state index contributed by atoms with van der Waals surface area (Å²) < 4.78 is 18.9. The number of hydrogen-bond donors (Lipinski definition) is 1. The minimum Gasteiger partial charge on any atom is -0.491 e. The molecule has 2 aromatic carbocycles. The number of anilines is 1. The van der Waals surface area contributed by atoms with Gasteiger partial charge in [-0.1, -0.05) is 6.07 Å². The Morgan fingerprint density at radius 3 is 2.70 bits per heavy atom. The van der Waals surface area contributed by atoms with Crippen molar-refractivity contribution in [2.75, 3.05) is 11.9 Å². The smallest absolute Gasteiger partial charge is 0.273 e. The van der Waals surface area contributed by atoms with Gasteiger partial charge in [0.05, 0.1) is 11.5 Å². The van der Waals surface area contributed by atoms with Crippen LogP contribution in [0, 0.1) is 22.9 Å². The number of nitro groups is 1. The summed E-state index contributed by atoms with van der Waals surface area (Å²) in [5.74, 6) is -1.05. The summed E-state index contributed by atoms with van der Waals surface area (Å²) in [6.45, 7) is 3.56. The molecule has 1 N–H and O–H groups in total. The maximum atomic E-state index is 13.8. The average Bonchev–Trinajstić information content (AvgIpc) is 2.50. The number of nitrogens with one attached hydrogen (secondary N) is 1. The van der Waals surface area contributed by atoms with Crippen LogP contribution in [0.1, 0.15) is 22.8 Å². The van der Waals surface area contributed by atoms with E-state index in [1.807, 2.05) is 0 Å². The molecule has 0 unspecified atom stereocenters. The third-order valence-electron chi connectivity index (χ3n) is 3.24. The zero-order chi connectivity index (χ0) is 17.0. The number of nitrogens with zero attached hydrogens (tertiary/aromatic N) is 1. The lowest BCUT2D eigenvalue weighted by Crippen LogP contribution is -2.14. The number of amides is 1. The normalized spacial score (nSPS) is 10.2. The molecule has 0 atom stereocenters. The van der Waals surface area contributed by atoms with Crippen LogP contribution in [0.25, 0.3) is 0 Å². The quantitative estimate of drug-likeness (QED) is 0.673. The lowest BCUT2D eigenvalue weighted by atomic mass is 10.1. The van der Waals surface area contributed by atoms with Crippen LogP contribution in [0.15, 0.2) is 36.4 Å². The molecule has 23 heavy (non-hydrogen) atoms. The van der Waals surface area contributed by atoms with E-state index in [4.69, 9.17) is 4.74 Å². The third kappa shape index (κ3) is 3.63. The molecular weight excluding hydrogens is 303 g/mol. The van der Waals surface area contributed by atoms with Gasteiger partial charge in [-0.15, -0.1) is 0 Å². The fourth-order valence-corrected chi connectivity index (χ4v) is 2.12. The van der Waals surface area contributed by atoms with Crippen molar-refractivity contribution in [1.82, 2.24) is 0 Å². The van der Waals surface area contributed by atoms with Gasteiger partial charge < -0.3 is 10.1 Å². The predicted octanol–water partition coefficient (Wildman–Crippen LogP) is 3.69. The van der Waals surface area contributed by atoms with Crippen LogP contribution < -0.4 is 10.1 Å². The molecular formula is C16H15FN2O4. The van der Waals surface area contributed by atoms with Gasteiger partial charge in [0.15, 0.2) is 11.6 Å². The standard InChI is InChI=1S/C16H15FN2O4/c1-3-23-15-8-7-11(9-13(15)17)18-16(20)12-5-4-6-14(10(12)2)19(21)22/h4-9H,3H2,1-2H3,(H,18,20). The fourth-order valence-electron chi connectivity index (χ4n) is 2.12. The SMILES string of the molecule is CCOc1ccc(NC(=O)c2cccc([N+](=O)[O-])c2C)cc1F. The van der Waals surface area contributed by atoms with Crippen molar-refractivity contribution < 1.29 is 18.8 Å². The van der Waals surface area contributed by atoms with Crippen molar-refractivity contribution in [3.8, 4) is 5.75 Å². The minimum atomic E-state index is -0.597. The monoisotopic (exact) mass is 318 g/mol. The second-order valence-corrected chi connectivity index (χ2v) is 4.74. The van der Waals surface area contributed by atoms with E-state index in [1.54, 1.807) is 6.92 Å². The molecule has 2 aromatic rings. The Kier molecular flexibility index (Phi) is 4.90. The lowest BCUT2D eigenvalue weighted by Gasteiger charge is -2.10. The van der Waals surface area contributed by atoms with Gasteiger partial charge in [0.1, 0.15) is 0 Å². The third-order valence-corrected chi connectivity index (χ3v) is 3.24. The first kappa shape index (κ1) is 16.4. The molecule has 0 spiro atoms. The van der Waals surface area contributed by atoms with Crippen LogP contribution >= 0.6 is 0 Å². The molecule has 0 heterocycles. The first-order valence-electron chi connectivity index (χ1n) is 6.91. The number of nitro benzene ring substituents is 1. The van der Waals surface area contributed by atoms with Gasteiger partial charge in [-0.3, -0.25) is 14.9 Å². The Bertz CT molecular complexity index is 762. The van der Waals surface area contributed by atoms with Crippen molar-refractivity contribution in [3.05, 3.63) is 63.5 Å². The lowest BCUT2D eigenvalue weighted by molar-refractivity contribution is -0.385. The van der Waals surface area contributed by atoms with Crippen LogP contribution in [0.3, 0.4) is 0 Å². The van der Waals surface area contributed by atoms with E-state index < -0.39 is 16.6 Å². The second-order valence-electron chi connectivity index (χ2n) is 4.74. The van der Waals surface area contributed by atoms with Gasteiger partial charge in [-0.2, -0.15) is 0 Å². The second kappa shape index (κ2) is 6.87. The molecule has 2 rings (SSSR count). The highest BCUT2D eigenvalue weighted by Crippen LogP contribution is 2.24. The summed E-state index contributed by atoms with van der Waals surface area (Å²) in [6.07, 6.45) is 0. The number of carbonyl (C=O) groups is 1. The van der Waals surface area contributed by atoms with Gasteiger partial charge in [-0.25, -0.2) is 4.39 Å². The number of carbonyl (C=O) groups excluding carboxylic acids is 1. The number of rotatable bonds is 5. The summed E-state index contributed by atoms with van der Waals surface area (Å²) in [4.78, 5) is 22.6. The van der Waals surface area contributed by atoms with Crippen molar-refractivity contribution in [1.29, 1.82) is 0 Å². The van der Waals surface area contributed by atoms with Gasteiger partial charge in [0, 0.05) is 28.9 Å². The topological polar surface area (TPSA) is 81.5 Å². The van der Waals surface area contributed by atoms with E-state index in [9.17, 15) is 19.3 Å². The molecule has 0 aliphatic rings. The molecule has 0 saturated heterocycles. The molecule has 0 aliphatic heterocycles. The molecule has 7 heteroatoms. The summed E-state index contributed by atoms with van der Waals surface area (Å²) in [5.41, 5.74) is 0.507. The van der Waals surface area contributed by atoms with E-state index in [1.165, 1.54) is 37.3 Å². The largest absolute Gasteiger partial charge is 0.491 e. The molecule has 0 radical (unpaired) electrons. The Morgan fingerprint density at radius 1 is 1.35 bits per heavy atom.